The normalized spacial score (nSPS) is 25.8. The maximum Gasteiger partial charge on any atom is 0.248 e. The summed E-state index contributed by atoms with van der Waals surface area (Å²) >= 11 is 0. The highest BCUT2D eigenvalue weighted by molar-refractivity contribution is 7.89. The third-order valence-corrected chi connectivity index (χ3v) is 5.33. The van der Waals surface area contributed by atoms with Crippen molar-refractivity contribution in [3.8, 4) is 0 Å². The first-order chi connectivity index (χ1) is 8.15. The summed E-state index contributed by atoms with van der Waals surface area (Å²) in [5.41, 5.74) is 5.19. The average Bonchev–Trinajstić information content (AvgIpc) is 2.69. The van der Waals surface area contributed by atoms with Crippen molar-refractivity contribution in [3.05, 3.63) is 5.69 Å². The molecule has 18 heavy (non-hydrogen) atoms. The Morgan fingerprint density at radius 2 is 2.11 bits per heavy atom. The number of hydrogen-bond donors (Lipinski definition) is 2. The minimum Gasteiger partial charge on any atom is -0.389 e. The van der Waals surface area contributed by atoms with Crippen LogP contribution in [0.4, 0.5) is 5.82 Å². The second-order valence-electron chi connectivity index (χ2n) is 5.01. The van der Waals surface area contributed by atoms with Gasteiger partial charge < -0.3 is 10.8 Å². The molecular weight excluding hydrogens is 256 g/mol. The molecule has 0 saturated carbocycles. The highest BCUT2D eigenvalue weighted by Crippen LogP contribution is 2.30. The fraction of sp³-hybridized carbons (Fsp3) is 0.700. The third kappa shape index (κ3) is 2.00. The Morgan fingerprint density at radius 1 is 1.50 bits per heavy atom. The van der Waals surface area contributed by atoms with E-state index < -0.39 is 15.6 Å². The molecular formula is C10H18N4O3S. The van der Waals surface area contributed by atoms with Crippen LogP contribution in [0.5, 0.6) is 0 Å². The number of hydrogen-bond acceptors (Lipinski definition) is 5. The van der Waals surface area contributed by atoms with E-state index in [1.54, 1.807) is 20.9 Å². The first kappa shape index (κ1) is 13.3. The number of sulfonamides is 1. The van der Waals surface area contributed by atoms with Crippen LogP contribution in [0.2, 0.25) is 0 Å². The lowest BCUT2D eigenvalue weighted by atomic mass is 10.1. The molecule has 1 unspecified atom stereocenters. The second-order valence-corrected chi connectivity index (χ2v) is 6.88. The van der Waals surface area contributed by atoms with Crippen molar-refractivity contribution in [1.82, 2.24) is 14.1 Å². The van der Waals surface area contributed by atoms with Crippen molar-refractivity contribution in [2.45, 2.75) is 30.8 Å². The van der Waals surface area contributed by atoms with E-state index in [-0.39, 0.29) is 17.3 Å². The average molecular weight is 274 g/mol. The van der Waals surface area contributed by atoms with Gasteiger partial charge in [0.15, 0.2) is 5.82 Å². The van der Waals surface area contributed by atoms with Crippen molar-refractivity contribution in [2.24, 2.45) is 7.05 Å². The van der Waals surface area contributed by atoms with Gasteiger partial charge >= 0.3 is 0 Å². The summed E-state index contributed by atoms with van der Waals surface area (Å²) in [5.74, 6) is 0.00143. The van der Waals surface area contributed by atoms with Crippen LogP contribution in [0.3, 0.4) is 0 Å². The highest BCUT2D eigenvalue weighted by Gasteiger charge is 2.40. The van der Waals surface area contributed by atoms with E-state index in [0.29, 0.717) is 18.7 Å². The molecule has 102 valence electrons. The molecule has 7 nitrogen and oxygen atoms in total. The van der Waals surface area contributed by atoms with Crippen molar-refractivity contribution < 1.29 is 13.5 Å². The van der Waals surface area contributed by atoms with E-state index in [2.05, 4.69) is 5.10 Å². The number of aliphatic hydroxyl groups is 1. The van der Waals surface area contributed by atoms with E-state index >= 15 is 0 Å². The van der Waals surface area contributed by atoms with Crippen molar-refractivity contribution >= 4 is 15.8 Å². The monoisotopic (exact) mass is 274 g/mol. The smallest absolute Gasteiger partial charge is 0.248 e. The SMILES string of the molecule is Cc1c(S(=O)(=O)N2CCC(C)(O)C2)c(N)nn1C. The zero-order valence-electron chi connectivity index (χ0n) is 10.7. The molecule has 0 spiro atoms. The van der Waals surface area contributed by atoms with Crippen LogP contribution in [-0.4, -0.2) is 46.3 Å². The van der Waals surface area contributed by atoms with Gasteiger partial charge in [0.2, 0.25) is 10.0 Å². The summed E-state index contributed by atoms with van der Waals surface area (Å²) in [4.78, 5) is 0.0442. The van der Waals surface area contributed by atoms with Gasteiger partial charge in [-0.2, -0.15) is 9.40 Å². The molecule has 0 aliphatic carbocycles. The lowest BCUT2D eigenvalue weighted by molar-refractivity contribution is 0.0762. The summed E-state index contributed by atoms with van der Waals surface area (Å²) in [6.07, 6.45) is 0.422. The number of anilines is 1. The lowest BCUT2D eigenvalue weighted by Gasteiger charge is -2.18. The Balaban J connectivity index is 2.44. The van der Waals surface area contributed by atoms with Crippen LogP contribution < -0.4 is 5.73 Å². The number of rotatable bonds is 2. The first-order valence-corrected chi connectivity index (χ1v) is 7.11. The number of aryl methyl sites for hydroxylation is 1. The van der Waals surface area contributed by atoms with Crippen LogP contribution in [0.1, 0.15) is 19.0 Å². The number of nitrogen functional groups attached to an aromatic ring is 1. The molecule has 1 aliphatic rings. The van der Waals surface area contributed by atoms with Gasteiger partial charge in [-0.1, -0.05) is 0 Å². The van der Waals surface area contributed by atoms with Crippen LogP contribution in [-0.2, 0) is 17.1 Å². The first-order valence-electron chi connectivity index (χ1n) is 5.67. The zero-order chi connectivity index (χ0) is 13.7. The predicted molar refractivity (Wildman–Crippen MR) is 66.4 cm³/mol. The van der Waals surface area contributed by atoms with Gasteiger partial charge in [-0.25, -0.2) is 8.42 Å². The Morgan fingerprint density at radius 3 is 2.50 bits per heavy atom. The lowest BCUT2D eigenvalue weighted by Crippen LogP contribution is -2.34. The third-order valence-electron chi connectivity index (χ3n) is 3.32. The molecule has 1 fully saturated rings. The number of nitrogens with zero attached hydrogens (tertiary/aromatic N) is 3. The Bertz CT molecular complexity index is 576. The number of nitrogens with two attached hydrogens (primary N) is 1. The van der Waals surface area contributed by atoms with Crippen LogP contribution in [0.15, 0.2) is 4.90 Å². The van der Waals surface area contributed by atoms with Gasteiger partial charge in [-0.15, -0.1) is 0 Å². The fourth-order valence-electron chi connectivity index (χ4n) is 2.17. The van der Waals surface area contributed by atoms with E-state index in [4.69, 9.17) is 5.73 Å². The fourth-order valence-corrected chi connectivity index (χ4v) is 4.02. The summed E-state index contributed by atoms with van der Waals surface area (Å²) in [5, 5.41) is 13.8. The quantitative estimate of drug-likeness (QED) is 0.754. The minimum absolute atomic E-state index is 0.00143. The maximum absolute atomic E-state index is 12.5. The molecule has 1 aromatic rings. The van der Waals surface area contributed by atoms with Crippen molar-refractivity contribution in [1.29, 1.82) is 0 Å². The molecule has 2 rings (SSSR count). The van der Waals surface area contributed by atoms with Crippen molar-refractivity contribution in [3.63, 3.8) is 0 Å². The van der Waals surface area contributed by atoms with E-state index in [9.17, 15) is 13.5 Å². The summed E-state index contributed by atoms with van der Waals surface area (Å²) in [6.45, 7) is 3.67. The van der Waals surface area contributed by atoms with E-state index in [0.717, 1.165) is 0 Å². The maximum atomic E-state index is 12.5. The molecule has 2 heterocycles. The van der Waals surface area contributed by atoms with Gasteiger partial charge in [-0.05, 0) is 20.3 Å². The molecule has 0 radical (unpaired) electrons. The predicted octanol–water partition coefficient (Wildman–Crippen LogP) is -0.544. The minimum atomic E-state index is -3.69. The molecule has 1 aromatic heterocycles. The molecule has 8 heteroatoms. The molecule has 1 aliphatic heterocycles. The second kappa shape index (κ2) is 3.94. The number of aromatic nitrogens is 2. The summed E-state index contributed by atoms with van der Waals surface area (Å²) in [6, 6.07) is 0. The topological polar surface area (TPSA) is 101 Å². The van der Waals surface area contributed by atoms with Gasteiger partial charge in [0.25, 0.3) is 0 Å². The summed E-state index contributed by atoms with van der Waals surface area (Å²) < 4.78 is 27.6. The highest BCUT2D eigenvalue weighted by atomic mass is 32.2. The molecule has 0 aromatic carbocycles. The van der Waals surface area contributed by atoms with Crippen LogP contribution in [0.25, 0.3) is 0 Å². The largest absolute Gasteiger partial charge is 0.389 e. The molecule has 0 amide bonds. The van der Waals surface area contributed by atoms with Gasteiger partial charge in [0.1, 0.15) is 4.90 Å². The van der Waals surface area contributed by atoms with Gasteiger partial charge in [0, 0.05) is 20.1 Å². The zero-order valence-corrected chi connectivity index (χ0v) is 11.5. The van der Waals surface area contributed by atoms with Gasteiger partial charge in [-0.3, -0.25) is 4.68 Å². The summed E-state index contributed by atoms with van der Waals surface area (Å²) in [7, 11) is -2.04. The molecule has 0 bridgehead atoms. The molecule has 1 saturated heterocycles. The van der Waals surface area contributed by atoms with Crippen LogP contribution >= 0.6 is 0 Å². The van der Waals surface area contributed by atoms with E-state index in [1.807, 2.05) is 0 Å². The van der Waals surface area contributed by atoms with E-state index in [1.165, 1.54) is 8.99 Å². The Hall–Kier alpha value is -1.12. The standard InChI is InChI=1S/C10H18N4O3S/c1-7-8(9(11)12-13(7)3)18(16,17)14-5-4-10(2,15)6-14/h15H,4-6H2,1-3H3,(H2,11,12). The molecule has 3 N–H and O–H groups in total. The Labute approximate surface area is 106 Å². The van der Waals surface area contributed by atoms with Crippen molar-refractivity contribution in [2.75, 3.05) is 18.8 Å². The molecule has 1 atom stereocenters. The van der Waals surface area contributed by atoms with Gasteiger partial charge in [0.05, 0.1) is 11.3 Å². The number of β-amino-alcohol motifs (C(OH)–C–C–N with tert-alkyl or cyclic N) is 1. The Kier molecular flexibility index (Phi) is 2.91. The van der Waals surface area contributed by atoms with Crippen LogP contribution in [0, 0.1) is 6.92 Å².